The molecule has 140 valence electrons. The lowest BCUT2D eigenvalue weighted by Gasteiger charge is -2.14. The lowest BCUT2D eigenvalue weighted by Crippen LogP contribution is -2.05. The minimum atomic E-state index is 0.299. The lowest BCUT2D eigenvalue weighted by atomic mass is 9.97. The molecule has 3 nitrogen and oxygen atoms in total. The Morgan fingerprint density at radius 3 is 2.14 bits per heavy atom. The van der Waals surface area contributed by atoms with E-state index in [1.165, 1.54) is 15.6 Å². The van der Waals surface area contributed by atoms with Crippen molar-refractivity contribution in [3.63, 3.8) is 0 Å². The molecule has 0 aliphatic carbocycles. The van der Waals surface area contributed by atoms with Crippen molar-refractivity contribution < 1.29 is 0 Å². The van der Waals surface area contributed by atoms with E-state index in [-0.39, 0.29) is 0 Å². The van der Waals surface area contributed by atoms with Gasteiger partial charge < -0.3 is 5.73 Å². The first-order valence-electron chi connectivity index (χ1n) is 9.52. The quantitative estimate of drug-likeness (QED) is 0.395. The van der Waals surface area contributed by atoms with Gasteiger partial charge in [0.1, 0.15) is 0 Å². The van der Waals surface area contributed by atoms with Gasteiger partial charge in [-0.05, 0) is 23.1 Å². The Morgan fingerprint density at radius 2 is 1.38 bits per heavy atom. The number of hydrogen-bond donors (Lipinski definition) is 1. The van der Waals surface area contributed by atoms with Crippen LogP contribution >= 0.6 is 11.3 Å². The number of thiophene rings is 1. The summed E-state index contributed by atoms with van der Waals surface area (Å²) < 4.78 is 1.24. The van der Waals surface area contributed by atoms with Crippen molar-refractivity contribution in [1.29, 1.82) is 0 Å². The average molecular weight is 394 g/mol. The molecule has 2 N–H and O–H groups in total. The minimum absolute atomic E-state index is 0.299. The van der Waals surface area contributed by atoms with Gasteiger partial charge in [0.05, 0.1) is 16.3 Å². The third-order valence-corrected chi connectivity index (χ3v) is 6.08. The van der Waals surface area contributed by atoms with Gasteiger partial charge in [-0.2, -0.15) is 0 Å². The van der Waals surface area contributed by atoms with Gasteiger partial charge in [0.2, 0.25) is 5.95 Å². The molecule has 0 fully saturated rings. The van der Waals surface area contributed by atoms with Crippen molar-refractivity contribution in [2.75, 3.05) is 5.73 Å². The number of nitrogens with two attached hydrogens (primary N) is 1. The summed E-state index contributed by atoms with van der Waals surface area (Å²) in [5.41, 5.74) is 11.4. The summed E-state index contributed by atoms with van der Waals surface area (Å²) in [6, 6.07) is 31.3. The Kier molecular flexibility index (Phi) is 4.54. The van der Waals surface area contributed by atoms with Gasteiger partial charge in [0.25, 0.3) is 0 Å². The van der Waals surface area contributed by atoms with Crippen LogP contribution in [0.4, 0.5) is 5.95 Å². The fourth-order valence-electron chi connectivity index (χ4n) is 3.61. The highest BCUT2D eigenvalue weighted by Crippen LogP contribution is 2.38. The number of hydrogen-bond acceptors (Lipinski definition) is 4. The summed E-state index contributed by atoms with van der Waals surface area (Å²) in [4.78, 5) is 10.5. The van der Waals surface area contributed by atoms with Crippen molar-refractivity contribution in [2.24, 2.45) is 0 Å². The van der Waals surface area contributed by atoms with E-state index in [0.29, 0.717) is 5.95 Å². The standard InChI is InChI=1S/C25H19N3S/c26-25-27-23(18-11-5-2-6-12-18)20(15-17-9-3-1-4-10-17)24(28-25)22-16-19-13-7-8-14-21(19)29-22/h1-14,16H,15H2,(H2,26,27,28). The molecule has 0 aliphatic rings. The number of benzene rings is 3. The van der Waals surface area contributed by atoms with E-state index in [2.05, 4.69) is 71.7 Å². The van der Waals surface area contributed by atoms with Crippen LogP contribution in [0.1, 0.15) is 11.1 Å². The molecule has 2 heterocycles. The maximum absolute atomic E-state index is 6.17. The van der Waals surface area contributed by atoms with Gasteiger partial charge >= 0.3 is 0 Å². The predicted molar refractivity (Wildman–Crippen MR) is 122 cm³/mol. The van der Waals surface area contributed by atoms with Gasteiger partial charge in [-0.1, -0.05) is 78.9 Å². The van der Waals surface area contributed by atoms with Gasteiger partial charge in [0.15, 0.2) is 0 Å². The summed E-state index contributed by atoms with van der Waals surface area (Å²) in [6.45, 7) is 0. The van der Waals surface area contributed by atoms with Gasteiger partial charge in [-0.15, -0.1) is 11.3 Å². The van der Waals surface area contributed by atoms with E-state index in [1.807, 2.05) is 24.3 Å². The van der Waals surface area contributed by atoms with Gasteiger partial charge in [-0.3, -0.25) is 0 Å². The molecular formula is C25H19N3S. The van der Waals surface area contributed by atoms with Crippen molar-refractivity contribution in [2.45, 2.75) is 6.42 Å². The van der Waals surface area contributed by atoms with E-state index in [1.54, 1.807) is 11.3 Å². The van der Waals surface area contributed by atoms with Crippen LogP contribution in [0.2, 0.25) is 0 Å². The summed E-state index contributed by atoms with van der Waals surface area (Å²) in [6.07, 6.45) is 0.745. The summed E-state index contributed by atoms with van der Waals surface area (Å²) in [5, 5.41) is 1.22. The van der Waals surface area contributed by atoms with Crippen LogP contribution in [0.3, 0.4) is 0 Å². The Labute approximate surface area is 173 Å². The van der Waals surface area contributed by atoms with E-state index in [4.69, 9.17) is 10.7 Å². The van der Waals surface area contributed by atoms with Crippen LogP contribution in [-0.2, 0) is 6.42 Å². The molecule has 0 unspecified atom stereocenters. The fraction of sp³-hybridized carbons (Fsp3) is 0.0400. The van der Waals surface area contributed by atoms with Crippen molar-refractivity contribution in [3.8, 4) is 21.8 Å². The molecule has 0 radical (unpaired) electrons. The SMILES string of the molecule is Nc1nc(-c2ccccc2)c(Cc2ccccc2)c(-c2cc3ccccc3s2)n1. The van der Waals surface area contributed by atoms with E-state index in [9.17, 15) is 0 Å². The number of aromatic nitrogens is 2. The minimum Gasteiger partial charge on any atom is -0.368 e. The molecule has 29 heavy (non-hydrogen) atoms. The highest BCUT2D eigenvalue weighted by Gasteiger charge is 2.18. The first-order chi connectivity index (χ1) is 14.3. The molecule has 2 aromatic heterocycles. The summed E-state index contributed by atoms with van der Waals surface area (Å²) >= 11 is 1.74. The van der Waals surface area contributed by atoms with Crippen LogP contribution in [-0.4, -0.2) is 9.97 Å². The monoisotopic (exact) mass is 393 g/mol. The Balaban J connectivity index is 1.75. The number of anilines is 1. The molecule has 5 aromatic rings. The van der Waals surface area contributed by atoms with Crippen LogP contribution in [0, 0.1) is 0 Å². The zero-order chi connectivity index (χ0) is 19.6. The Hall–Kier alpha value is -3.50. The molecule has 0 aliphatic heterocycles. The van der Waals surface area contributed by atoms with Crippen molar-refractivity contribution in [3.05, 3.63) is 102 Å². The van der Waals surface area contributed by atoms with Crippen LogP contribution in [0.5, 0.6) is 0 Å². The van der Waals surface area contributed by atoms with Gasteiger partial charge in [-0.25, -0.2) is 9.97 Å². The fourth-order valence-corrected chi connectivity index (χ4v) is 4.69. The Morgan fingerprint density at radius 1 is 0.724 bits per heavy atom. The van der Waals surface area contributed by atoms with Crippen LogP contribution < -0.4 is 5.73 Å². The van der Waals surface area contributed by atoms with E-state index < -0.39 is 0 Å². The first-order valence-corrected chi connectivity index (χ1v) is 10.3. The van der Waals surface area contributed by atoms with Crippen molar-refractivity contribution >= 4 is 27.4 Å². The topological polar surface area (TPSA) is 51.8 Å². The average Bonchev–Trinajstić information content (AvgIpc) is 3.20. The number of nitrogen functional groups attached to an aromatic ring is 1. The summed E-state index contributed by atoms with van der Waals surface area (Å²) in [7, 11) is 0. The molecule has 0 amide bonds. The zero-order valence-corrected chi connectivity index (χ0v) is 16.6. The van der Waals surface area contributed by atoms with Crippen LogP contribution in [0.25, 0.3) is 31.9 Å². The largest absolute Gasteiger partial charge is 0.368 e. The van der Waals surface area contributed by atoms with Crippen LogP contribution in [0.15, 0.2) is 91.0 Å². The molecule has 3 aromatic carbocycles. The lowest BCUT2D eigenvalue weighted by molar-refractivity contribution is 1.10. The summed E-state index contributed by atoms with van der Waals surface area (Å²) in [5.74, 6) is 0.299. The zero-order valence-electron chi connectivity index (χ0n) is 15.7. The molecule has 0 atom stereocenters. The van der Waals surface area contributed by atoms with Gasteiger partial charge in [0, 0.05) is 22.2 Å². The van der Waals surface area contributed by atoms with E-state index in [0.717, 1.165) is 33.8 Å². The second-order valence-electron chi connectivity index (χ2n) is 6.93. The molecule has 0 saturated heterocycles. The first kappa shape index (κ1) is 17.6. The molecule has 0 bridgehead atoms. The molecule has 5 rings (SSSR count). The Bertz CT molecular complexity index is 1240. The highest BCUT2D eigenvalue weighted by atomic mass is 32.1. The number of fused-ring (bicyclic) bond motifs is 1. The second-order valence-corrected chi connectivity index (χ2v) is 8.02. The number of nitrogens with zero attached hydrogens (tertiary/aromatic N) is 2. The maximum Gasteiger partial charge on any atom is 0.221 e. The normalized spacial score (nSPS) is 11.0. The number of rotatable bonds is 4. The second kappa shape index (κ2) is 7.49. The third-order valence-electron chi connectivity index (χ3n) is 4.95. The molecule has 0 saturated carbocycles. The third kappa shape index (κ3) is 3.50. The highest BCUT2D eigenvalue weighted by molar-refractivity contribution is 7.22. The van der Waals surface area contributed by atoms with Crippen molar-refractivity contribution in [1.82, 2.24) is 9.97 Å². The molecular weight excluding hydrogens is 374 g/mol. The smallest absolute Gasteiger partial charge is 0.221 e. The molecule has 0 spiro atoms. The molecule has 4 heteroatoms. The van der Waals surface area contributed by atoms with E-state index >= 15 is 0 Å². The predicted octanol–water partition coefficient (Wildman–Crippen LogP) is 6.20. The maximum atomic E-state index is 6.17.